The third-order valence-electron chi connectivity index (χ3n) is 5.79. The van der Waals surface area contributed by atoms with E-state index < -0.39 is 0 Å². The van der Waals surface area contributed by atoms with E-state index in [1.54, 1.807) is 17.0 Å². The molecule has 0 bridgehead atoms. The maximum atomic E-state index is 13.1. The topological polar surface area (TPSA) is 54.3 Å². The van der Waals surface area contributed by atoms with Crippen molar-refractivity contribution < 1.29 is 14.0 Å². The molecule has 6 heteroatoms. The molecule has 1 aliphatic heterocycles. The molecule has 5 nitrogen and oxygen atoms in total. The minimum absolute atomic E-state index is 0.0265. The summed E-state index contributed by atoms with van der Waals surface area (Å²) in [6, 6.07) is 14.0. The summed E-state index contributed by atoms with van der Waals surface area (Å²) in [6.07, 6.45) is 3.83. The zero-order chi connectivity index (χ0) is 21.1. The van der Waals surface area contributed by atoms with E-state index >= 15 is 0 Å². The van der Waals surface area contributed by atoms with Gasteiger partial charge in [0.1, 0.15) is 5.82 Å². The molecule has 30 heavy (non-hydrogen) atoms. The standard InChI is InChI=1S/C24H26FN3O2/c1-2-27-13-11-18-15-21(9-10-22(18)27)26-24(30)19-4-3-12-28(16-19)23(29)14-17-5-7-20(25)8-6-17/h5-11,13,15,19H,2-4,12,14,16H2,1H3,(H,26,30). The van der Waals surface area contributed by atoms with Gasteiger partial charge in [0.15, 0.2) is 0 Å². The van der Waals surface area contributed by atoms with E-state index in [9.17, 15) is 14.0 Å². The molecular formula is C24H26FN3O2. The molecule has 1 saturated heterocycles. The molecule has 0 saturated carbocycles. The Morgan fingerprint density at radius 1 is 1.13 bits per heavy atom. The first-order chi connectivity index (χ1) is 14.5. The molecule has 3 aromatic rings. The van der Waals surface area contributed by atoms with Crippen molar-refractivity contribution in [3.05, 3.63) is 66.1 Å². The Hall–Kier alpha value is -3.15. The van der Waals surface area contributed by atoms with Crippen molar-refractivity contribution in [3.8, 4) is 0 Å². The Morgan fingerprint density at radius 3 is 2.70 bits per heavy atom. The van der Waals surface area contributed by atoms with Crippen molar-refractivity contribution in [2.45, 2.75) is 32.7 Å². The number of nitrogens with one attached hydrogen (secondary N) is 1. The lowest BCUT2D eigenvalue weighted by atomic mass is 9.96. The summed E-state index contributed by atoms with van der Waals surface area (Å²) in [5, 5.41) is 4.11. The van der Waals surface area contributed by atoms with Gasteiger partial charge in [0.05, 0.1) is 12.3 Å². The van der Waals surface area contributed by atoms with Crippen molar-refractivity contribution in [3.63, 3.8) is 0 Å². The van der Waals surface area contributed by atoms with Gasteiger partial charge >= 0.3 is 0 Å². The lowest BCUT2D eigenvalue weighted by Crippen LogP contribution is -2.44. The minimum Gasteiger partial charge on any atom is -0.348 e. The van der Waals surface area contributed by atoms with Crippen LogP contribution in [0.3, 0.4) is 0 Å². The van der Waals surface area contributed by atoms with E-state index in [4.69, 9.17) is 0 Å². The number of carbonyl (C=O) groups excluding carboxylic acids is 2. The first-order valence-corrected chi connectivity index (χ1v) is 10.5. The van der Waals surface area contributed by atoms with Crippen molar-refractivity contribution in [2.24, 2.45) is 5.92 Å². The highest BCUT2D eigenvalue weighted by Crippen LogP contribution is 2.23. The molecule has 0 radical (unpaired) electrons. The first-order valence-electron chi connectivity index (χ1n) is 10.5. The average molecular weight is 407 g/mol. The van der Waals surface area contributed by atoms with Gasteiger partial charge in [0.25, 0.3) is 0 Å². The second-order valence-electron chi connectivity index (χ2n) is 7.85. The molecule has 2 aromatic carbocycles. The molecule has 1 aromatic heterocycles. The van der Waals surface area contributed by atoms with Gasteiger partial charge in [0, 0.05) is 42.4 Å². The number of hydrogen-bond acceptors (Lipinski definition) is 2. The van der Waals surface area contributed by atoms with Crippen LogP contribution in [0.5, 0.6) is 0 Å². The highest BCUT2D eigenvalue weighted by atomic mass is 19.1. The lowest BCUT2D eigenvalue weighted by molar-refractivity contribution is -0.133. The summed E-state index contributed by atoms with van der Waals surface area (Å²) in [7, 11) is 0. The molecule has 0 spiro atoms. The van der Waals surface area contributed by atoms with Crippen LogP contribution < -0.4 is 5.32 Å². The molecule has 0 aliphatic carbocycles. The average Bonchev–Trinajstić information content (AvgIpc) is 3.17. The Balaban J connectivity index is 1.38. The largest absolute Gasteiger partial charge is 0.348 e. The molecule has 156 valence electrons. The van der Waals surface area contributed by atoms with E-state index in [1.165, 1.54) is 12.1 Å². The third kappa shape index (κ3) is 4.37. The number of rotatable bonds is 5. The number of benzene rings is 2. The summed E-state index contributed by atoms with van der Waals surface area (Å²) in [6.45, 7) is 4.07. The van der Waals surface area contributed by atoms with E-state index in [1.807, 2.05) is 30.5 Å². The molecule has 1 unspecified atom stereocenters. The maximum Gasteiger partial charge on any atom is 0.229 e. The molecule has 1 atom stereocenters. The van der Waals surface area contributed by atoms with Crippen molar-refractivity contribution in [1.82, 2.24) is 9.47 Å². The van der Waals surface area contributed by atoms with E-state index in [0.29, 0.717) is 13.1 Å². The zero-order valence-corrected chi connectivity index (χ0v) is 17.1. The van der Waals surface area contributed by atoms with Crippen molar-refractivity contribution in [1.29, 1.82) is 0 Å². The number of amides is 2. The number of aromatic nitrogens is 1. The van der Waals surface area contributed by atoms with E-state index in [-0.39, 0.29) is 30.0 Å². The predicted octanol–water partition coefficient (Wildman–Crippen LogP) is 4.22. The van der Waals surface area contributed by atoms with E-state index in [2.05, 4.69) is 16.8 Å². The predicted molar refractivity (Wildman–Crippen MR) is 116 cm³/mol. The lowest BCUT2D eigenvalue weighted by Gasteiger charge is -2.32. The van der Waals surface area contributed by atoms with Crippen LogP contribution in [0.2, 0.25) is 0 Å². The van der Waals surface area contributed by atoms with Gasteiger partial charge in [0.2, 0.25) is 11.8 Å². The van der Waals surface area contributed by atoms with Gasteiger partial charge in [-0.25, -0.2) is 4.39 Å². The Labute approximate surface area is 175 Å². The highest BCUT2D eigenvalue weighted by Gasteiger charge is 2.28. The van der Waals surface area contributed by atoms with Gasteiger partial charge in [-0.2, -0.15) is 0 Å². The normalized spacial score (nSPS) is 16.6. The number of halogens is 1. The summed E-state index contributed by atoms with van der Waals surface area (Å²) in [5.74, 6) is -0.623. The molecule has 1 N–H and O–H groups in total. The summed E-state index contributed by atoms with van der Waals surface area (Å²) < 4.78 is 15.2. The SMILES string of the molecule is CCn1ccc2cc(NC(=O)C3CCCN(C(=O)Cc4ccc(F)cc4)C3)ccc21. The molecule has 4 rings (SSSR count). The van der Waals surface area contributed by atoms with Gasteiger partial charge in [-0.1, -0.05) is 12.1 Å². The van der Waals surface area contributed by atoms with E-state index in [0.717, 1.165) is 41.5 Å². The van der Waals surface area contributed by atoms with Gasteiger partial charge in [-0.05, 0) is 61.7 Å². The zero-order valence-electron chi connectivity index (χ0n) is 17.1. The summed E-state index contributed by atoms with van der Waals surface area (Å²) in [5.41, 5.74) is 2.70. The fourth-order valence-electron chi connectivity index (χ4n) is 4.10. The Kier molecular flexibility index (Phi) is 5.84. The van der Waals surface area contributed by atoms with Crippen molar-refractivity contribution >= 4 is 28.4 Å². The number of fused-ring (bicyclic) bond motifs is 1. The smallest absolute Gasteiger partial charge is 0.229 e. The summed E-state index contributed by atoms with van der Waals surface area (Å²) in [4.78, 5) is 27.2. The second kappa shape index (κ2) is 8.69. The number of aryl methyl sites for hydroxylation is 1. The van der Waals surface area contributed by atoms with Crippen LogP contribution in [-0.4, -0.2) is 34.4 Å². The molecule has 1 aliphatic rings. The van der Waals surface area contributed by atoms with Crippen LogP contribution >= 0.6 is 0 Å². The van der Waals surface area contributed by atoms with Crippen LogP contribution in [0, 0.1) is 11.7 Å². The van der Waals surface area contributed by atoms with Gasteiger partial charge in [-0.15, -0.1) is 0 Å². The molecule has 2 heterocycles. The van der Waals surface area contributed by atoms with Crippen molar-refractivity contribution in [2.75, 3.05) is 18.4 Å². The van der Waals surface area contributed by atoms with Crippen LogP contribution in [0.25, 0.3) is 10.9 Å². The highest BCUT2D eigenvalue weighted by molar-refractivity contribution is 5.95. The van der Waals surface area contributed by atoms with Crippen LogP contribution in [0.4, 0.5) is 10.1 Å². The number of nitrogens with zero attached hydrogens (tertiary/aromatic N) is 2. The van der Waals surface area contributed by atoms with Gasteiger partial charge < -0.3 is 14.8 Å². The summed E-state index contributed by atoms with van der Waals surface area (Å²) >= 11 is 0. The first kappa shape index (κ1) is 20.1. The molecular weight excluding hydrogens is 381 g/mol. The van der Waals surface area contributed by atoms with Crippen LogP contribution in [0.15, 0.2) is 54.7 Å². The fraction of sp³-hybridized carbons (Fsp3) is 0.333. The van der Waals surface area contributed by atoms with Gasteiger partial charge in [-0.3, -0.25) is 9.59 Å². The molecule has 1 fully saturated rings. The fourth-order valence-corrected chi connectivity index (χ4v) is 4.10. The number of carbonyl (C=O) groups is 2. The Morgan fingerprint density at radius 2 is 1.93 bits per heavy atom. The quantitative estimate of drug-likeness (QED) is 0.689. The number of hydrogen-bond donors (Lipinski definition) is 1. The second-order valence-corrected chi connectivity index (χ2v) is 7.85. The minimum atomic E-state index is -0.314. The number of likely N-dealkylation sites (tertiary alicyclic amines) is 1. The molecule has 2 amide bonds. The third-order valence-corrected chi connectivity index (χ3v) is 5.79. The number of piperidine rings is 1. The maximum absolute atomic E-state index is 13.1. The van der Waals surface area contributed by atoms with Crippen LogP contribution in [-0.2, 0) is 22.6 Å². The van der Waals surface area contributed by atoms with Crippen LogP contribution in [0.1, 0.15) is 25.3 Å². The Bertz CT molecular complexity index is 1060. The number of anilines is 1. The monoisotopic (exact) mass is 407 g/mol.